The second-order valence-electron chi connectivity index (χ2n) is 3.80. The van der Waals surface area contributed by atoms with Crippen molar-refractivity contribution >= 4 is 0 Å². The Bertz CT molecular complexity index is 93.8. The number of hydrogen-bond donors (Lipinski definition) is 1. The second kappa shape index (κ2) is 7.56. The first-order chi connectivity index (χ1) is 5.70. The van der Waals surface area contributed by atoms with Gasteiger partial charge in [0.2, 0.25) is 0 Å². The summed E-state index contributed by atoms with van der Waals surface area (Å²) in [5.74, 6) is 0.747. The molecule has 0 rings (SSSR count). The Kier molecular flexibility index (Phi) is 7.51. The van der Waals surface area contributed by atoms with Crippen molar-refractivity contribution in [3.05, 3.63) is 0 Å². The summed E-state index contributed by atoms with van der Waals surface area (Å²) in [4.78, 5) is 2.41. The third-order valence-corrected chi connectivity index (χ3v) is 2.18. The highest BCUT2D eigenvalue weighted by Gasteiger charge is 2.04. The Morgan fingerprint density at radius 1 is 1.42 bits per heavy atom. The highest BCUT2D eigenvalue weighted by molar-refractivity contribution is 4.59. The van der Waals surface area contributed by atoms with Crippen LogP contribution in [0.15, 0.2) is 0 Å². The summed E-state index contributed by atoms with van der Waals surface area (Å²) in [6.45, 7) is 7.75. The van der Waals surface area contributed by atoms with Crippen LogP contribution in [0, 0.1) is 5.92 Å². The van der Waals surface area contributed by atoms with Crippen molar-refractivity contribution in [1.82, 2.24) is 4.90 Å². The van der Waals surface area contributed by atoms with Crippen molar-refractivity contribution < 1.29 is 0 Å². The molecule has 0 aliphatic carbocycles. The van der Waals surface area contributed by atoms with Gasteiger partial charge in [0.1, 0.15) is 0 Å². The highest BCUT2D eigenvalue weighted by atomic mass is 15.1. The van der Waals surface area contributed by atoms with Gasteiger partial charge in [-0.3, -0.25) is 0 Å². The average molecular weight is 172 g/mol. The summed E-state index contributed by atoms with van der Waals surface area (Å²) in [5.41, 5.74) is 5.49. The van der Waals surface area contributed by atoms with Crippen molar-refractivity contribution in [1.29, 1.82) is 0 Å². The smallest absolute Gasteiger partial charge is 0.000444 e. The van der Waals surface area contributed by atoms with E-state index in [4.69, 9.17) is 5.73 Å². The molecule has 0 aliphatic heterocycles. The van der Waals surface area contributed by atoms with E-state index in [-0.39, 0.29) is 0 Å². The van der Waals surface area contributed by atoms with E-state index in [9.17, 15) is 0 Å². The summed E-state index contributed by atoms with van der Waals surface area (Å²) in [7, 11) is 2.20. The van der Waals surface area contributed by atoms with Gasteiger partial charge in [0.15, 0.2) is 0 Å². The third kappa shape index (κ3) is 6.62. The Hall–Kier alpha value is -0.0800. The van der Waals surface area contributed by atoms with Crippen molar-refractivity contribution in [3.8, 4) is 0 Å². The average Bonchev–Trinajstić information content (AvgIpc) is 2.01. The molecule has 1 atom stereocenters. The lowest BCUT2D eigenvalue weighted by Crippen LogP contribution is -2.26. The quantitative estimate of drug-likeness (QED) is 0.633. The van der Waals surface area contributed by atoms with Gasteiger partial charge in [-0.2, -0.15) is 0 Å². The van der Waals surface area contributed by atoms with Gasteiger partial charge < -0.3 is 10.6 Å². The third-order valence-electron chi connectivity index (χ3n) is 2.18. The van der Waals surface area contributed by atoms with Gasteiger partial charge >= 0.3 is 0 Å². The fourth-order valence-electron chi connectivity index (χ4n) is 1.43. The van der Waals surface area contributed by atoms with Gasteiger partial charge in [-0.1, -0.05) is 20.3 Å². The lowest BCUT2D eigenvalue weighted by atomic mass is 10.1. The molecule has 2 nitrogen and oxygen atoms in total. The maximum atomic E-state index is 5.49. The number of nitrogens with zero attached hydrogens (tertiary/aromatic N) is 1. The molecule has 0 heterocycles. The first-order valence-corrected chi connectivity index (χ1v) is 5.09. The molecule has 12 heavy (non-hydrogen) atoms. The van der Waals surface area contributed by atoms with Crippen LogP contribution in [-0.2, 0) is 0 Å². The standard InChI is InChI=1S/C10H24N2/c1-4-5-8-12(3)9-10(2)6-7-11/h10H,4-9,11H2,1-3H3. The fourth-order valence-corrected chi connectivity index (χ4v) is 1.43. The Morgan fingerprint density at radius 2 is 2.08 bits per heavy atom. The zero-order chi connectivity index (χ0) is 9.40. The SMILES string of the molecule is CCCCN(C)CC(C)CCN. The molecule has 0 aromatic heterocycles. The first kappa shape index (κ1) is 11.9. The number of hydrogen-bond acceptors (Lipinski definition) is 2. The Balaban J connectivity index is 3.33. The highest BCUT2D eigenvalue weighted by Crippen LogP contribution is 2.03. The molecular formula is C10H24N2. The van der Waals surface area contributed by atoms with Crippen molar-refractivity contribution in [2.45, 2.75) is 33.1 Å². The van der Waals surface area contributed by atoms with E-state index in [1.165, 1.54) is 25.9 Å². The molecule has 0 radical (unpaired) electrons. The minimum atomic E-state index is 0.747. The summed E-state index contributed by atoms with van der Waals surface area (Å²) < 4.78 is 0. The van der Waals surface area contributed by atoms with E-state index < -0.39 is 0 Å². The van der Waals surface area contributed by atoms with Gasteiger partial charge in [0.25, 0.3) is 0 Å². The van der Waals surface area contributed by atoms with Crippen molar-refractivity contribution in [2.75, 3.05) is 26.7 Å². The van der Waals surface area contributed by atoms with E-state index in [1.54, 1.807) is 0 Å². The van der Waals surface area contributed by atoms with E-state index in [2.05, 4.69) is 25.8 Å². The van der Waals surface area contributed by atoms with Gasteiger partial charge in [-0.15, -0.1) is 0 Å². The zero-order valence-electron chi connectivity index (χ0n) is 8.84. The minimum Gasteiger partial charge on any atom is -0.330 e. The first-order valence-electron chi connectivity index (χ1n) is 5.09. The van der Waals surface area contributed by atoms with E-state index in [0.717, 1.165) is 18.9 Å². The summed E-state index contributed by atoms with van der Waals surface area (Å²) in [6, 6.07) is 0. The normalized spacial score (nSPS) is 13.8. The van der Waals surface area contributed by atoms with Crippen LogP contribution in [-0.4, -0.2) is 31.6 Å². The van der Waals surface area contributed by atoms with Crippen LogP contribution in [0.5, 0.6) is 0 Å². The molecule has 1 unspecified atom stereocenters. The van der Waals surface area contributed by atoms with Crippen LogP contribution in [0.25, 0.3) is 0 Å². The number of rotatable bonds is 7. The van der Waals surface area contributed by atoms with Gasteiger partial charge in [0.05, 0.1) is 0 Å². The van der Waals surface area contributed by atoms with Crippen LogP contribution >= 0.6 is 0 Å². The van der Waals surface area contributed by atoms with Crippen LogP contribution in [0.4, 0.5) is 0 Å². The molecule has 0 spiro atoms. The molecule has 0 aromatic carbocycles. The van der Waals surface area contributed by atoms with E-state index >= 15 is 0 Å². The number of unbranched alkanes of at least 4 members (excludes halogenated alkanes) is 1. The molecule has 0 aliphatic rings. The Labute approximate surface area is 77.1 Å². The van der Waals surface area contributed by atoms with Gasteiger partial charge in [-0.25, -0.2) is 0 Å². The second-order valence-corrected chi connectivity index (χ2v) is 3.80. The van der Waals surface area contributed by atoms with Gasteiger partial charge in [0, 0.05) is 6.54 Å². The minimum absolute atomic E-state index is 0.747. The largest absolute Gasteiger partial charge is 0.330 e. The van der Waals surface area contributed by atoms with Crippen LogP contribution < -0.4 is 5.73 Å². The molecular weight excluding hydrogens is 148 g/mol. The van der Waals surface area contributed by atoms with E-state index in [1.807, 2.05) is 0 Å². The lowest BCUT2D eigenvalue weighted by molar-refractivity contribution is 0.276. The van der Waals surface area contributed by atoms with Crippen molar-refractivity contribution in [3.63, 3.8) is 0 Å². The monoisotopic (exact) mass is 172 g/mol. The zero-order valence-corrected chi connectivity index (χ0v) is 8.84. The summed E-state index contributed by atoms with van der Waals surface area (Å²) in [6.07, 6.45) is 3.75. The molecule has 0 saturated carbocycles. The molecule has 0 bridgehead atoms. The summed E-state index contributed by atoms with van der Waals surface area (Å²) in [5, 5.41) is 0. The Morgan fingerprint density at radius 3 is 2.58 bits per heavy atom. The predicted molar refractivity (Wildman–Crippen MR) is 55.2 cm³/mol. The molecule has 0 amide bonds. The van der Waals surface area contributed by atoms with E-state index in [0.29, 0.717) is 0 Å². The molecule has 0 saturated heterocycles. The van der Waals surface area contributed by atoms with Crippen LogP contribution in [0.1, 0.15) is 33.1 Å². The molecule has 74 valence electrons. The number of nitrogens with two attached hydrogens (primary N) is 1. The lowest BCUT2D eigenvalue weighted by Gasteiger charge is -2.20. The molecule has 0 fully saturated rings. The molecule has 0 aromatic rings. The van der Waals surface area contributed by atoms with Gasteiger partial charge in [-0.05, 0) is 38.9 Å². The molecule has 2 heteroatoms. The summed E-state index contributed by atoms with van der Waals surface area (Å²) >= 11 is 0. The fraction of sp³-hybridized carbons (Fsp3) is 1.00. The topological polar surface area (TPSA) is 29.3 Å². The van der Waals surface area contributed by atoms with Crippen LogP contribution in [0.3, 0.4) is 0 Å². The maximum absolute atomic E-state index is 5.49. The molecule has 2 N–H and O–H groups in total. The van der Waals surface area contributed by atoms with Crippen molar-refractivity contribution in [2.24, 2.45) is 11.7 Å². The maximum Gasteiger partial charge on any atom is 0.000444 e. The van der Waals surface area contributed by atoms with Crippen LogP contribution in [0.2, 0.25) is 0 Å². The predicted octanol–water partition coefficient (Wildman–Crippen LogP) is 1.70.